The Morgan fingerprint density at radius 3 is 2.47 bits per heavy atom. The molecule has 1 amide bonds. The normalized spacial score (nSPS) is 13.5. The van der Waals surface area contributed by atoms with Crippen LogP contribution < -0.4 is 5.73 Å². The Morgan fingerprint density at radius 1 is 1.47 bits per heavy atom. The summed E-state index contributed by atoms with van der Waals surface area (Å²) in [5.74, 6) is -0.600. The maximum atomic E-state index is 12.1. The van der Waals surface area contributed by atoms with Crippen molar-refractivity contribution in [1.82, 2.24) is 4.90 Å². The minimum Gasteiger partial charge on any atom is -0.395 e. The molecule has 0 aromatic heterocycles. The largest absolute Gasteiger partial charge is 0.406 e. The van der Waals surface area contributed by atoms with Crippen molar-refractivity contribution in [3.8, 4) is 0 Å². The first-order chi connectivity index (χ1) is 7.76. The van der Waals surface area contributed by atoms with Crippen LogP contribution in [0, 0.1) is 0 Å². The van der Waals surface area contributed by atoms with Crippen LogP contribution in [-0.2, 0) is 4.79 Å². The van der Waals surface area contributed by atoms with Gasteiger partial charge < -0.3 is 15.7 Å². The van der Waals surface area contributed by atoms with Gasteiger partial charge in [0.2, 0.25) is 5.91 Å². The average molecular weight is 256 g/mol. The van der Waals surface area contributed by atoms with Crippen molar-refractivity contribution >= 4 is 5.91 Å². The van der Waals surface area contributed by atoms with Crippen molar-refractivity contribution in [3.63, 3.8) is 0 Å². The van der Waals surface area contributed by atoms with Crippen molar-refractivity contribution in [2.45, 2.75) is 38.4 Å². The number of alkyl halides is 3. The average Bonchev–Trinajstić information content (AvgIpc) is 2.14. The molecule has 1 unspecified atom stereocenters. The Balaban J connectivity index is 4.15. The standard InChI is InChI=1S/C10H19F3N2O2/c1-8(14)3-2-4-9(17)15(5-6-16)7-10(11,12)13/h8,16H,2-7,14H2,1H3. The summed E-state index contributed by atoms with van der Waals surface area (Å²) in [6, 6.07) is -0.0725. The number of nitrogens with zero attached hydrogens (tertiary/aromatic N) is 1. The van der Waals surface area contributed by atoms with Crippen LogP contribution >= 0.6 is 0 Å². The number of aliphatic hydroxyl groups excluding tert-OH is 1. The van der Waals surface area contributed by atoms with Gasteiger partial charge in [-0.15, -0.1) is 0 Å². The molecule has 4 nitrogen and oxygen atoms in total. The molecule has 17 heavy (non-hydrogen) atoms. The lowest BCUT2D eigenvalue weighted by Crippen LogP contribution is -2.40. The molecule has 102 valence electrons. The molecule has 0 saturated heterocycles. The molecule has 0 heterocycles. The minimum atomic E-state index is -4.44. The summed E-state index contributed by atoms with van der Waals surface area (Å²) in [4.78, 5) is 12.1. The van der Waals surface area contributed by atoms with E-state index in [4.69, 9.17) is 10.8 Å². The molecule has 0 bridgehead atoms. The van der Waals surface area contributed by atoms with Crippen molar-refractivity contribution in [2.24, 2.45) is 5.73 Å². The molecule has 0 rings (SSSR count). The third kappa shape index (κ3) is 8.93. The van der Waals surface area contributed by atoms with Gasteiger partial charge in [-0.2, -0.15) is 13.2 Å². The predicted octanol–water partition coefficient (Wildman–Crippen LogP) is 0.887. The topological polar surface area (TPSA) is 66.6 Å². The van der Waals surface area contributed by atoms with Crippen LogP contribution in [0.5, 0.6) is 0 Å². The summed E-state index contributed by atoms with van der Waals surface area (Å²) < 4.78 is 36.4. The van der Waals surface area contributed by atoms with E-state index < -0.39 is 25.2 Å². The van der Waals surface area contributed by atoms with Crippen molar-refractivity contribution in [1.29, 1.82) is 0 Å². The number of carbonyl (C=O) groups is 1. The Labute approximate surface area is 98.6 Å². The van der Waals surface area contributed by atoms with Crippen LogP contribution in [0.3, 0.4) is 0 Å². The number of aliphatic hydroxyl groups is 1. The number of hydrogen-bond acceptors (Lipinski definition) is 3. The molecule has 0 radical (unpaired) electrons. The van der Waals surface area contributed by atoms with Crippen molar-refractivity contribution in [2.75, 3.05) is 19.7 Å². The highest BCUT2D eigenvalue weighted by atomic mass is 19.4. The van der Waals surface area contributed by atoms with E-state index in [0.29, 0.717) is 17.7 Å². The Hall–Kier alpha value is -0.820. The van der Waals surface area contributed by atoms with E-state index in [2.05, 4.69) is 0 Å². The van der Waals surface area contributed by atoms with Crippen LogP contribution in [0.25, 0.3) is 0 Å². The minimum absolute atomic E-state index is 0.0254. The predicted molar refractivity (Wildman–Crippen MR) is 57.2 cm³/mol. The molecule has 0 saturated carbocycles. The van der Waals surface area contributed by atoms with E-state index in [1.54, 1.807) is 6.92 Å². The maximum Gasteiger partial charge on any atom is 0.406 e. The molecular weight excluding hydrogens is 237 g/mol. The van der Waals surface area contributed by atoms with Crippen molar-refractivity contribution in [3.05, 3.63) is 0 Å². The number of rotatable bonds is 7. The van der Waals surface area contributed by atoms with Gasteiger partial charge in [-0.25, -0.2) is 0 Å². The smallest absolute Gasteiger partial charge is 0.395 e. The van der Waals surface area contributed by atoms with Gasteiger partial charge in [-0.3, -0.25) is 4.79 Å². The van der Waals surface area contributed by atoms with Crippen LogP contribution in [0.1, 0.15) is 26.2 Å². The highest BCUT2D eigenvalue weighted by Gasteiger charge is 2.32. The van der Waals surface area contributed by atoms with Crippen LogP contribution in [0.2, 0.25) is 0 Å². The highest BCUT2D eigenvalue weighted by molar-refractivity contribution is 5.76. The fraction of sp³-hybridized carbons (Fsp3) is 0.900. The fourth-order valence-electron chi connectivity index (χ4n) is 1.36. The van der Waals surface area contributed by atoms with E-state index in [9.17, 15) is 18.0 Å². The van der Waals surface area contributed by atoms with E-state index in [-0.39, 0.29) is 19.0 Å². The molecular formula is C10H19F3N2O2. The lowest BCUT2D eigenvalue weighted by atomic mass is 10.1. The van der Waals surface area contributed by atoms with Crippen LogP contribution in [-0.4, -0.2) is 47.8 Å². The SMILES string of the molecule is CC(N)CCCC(=O)N(CCO)CC(F)(F)F. The second-order valence-corrected chi connectivity index (χ2v) is 4.02. The van der Waals surface area contributed by atoms with Crippen LogP contribution in [0.4, 0.5) is 13.2 Å². The molecule has 3 N–H and O–H groups in total. The van der Waals surface area contributed by atoms with E-state index in [0.717, 1.165) is 0 Å². The number of hydrogen-bond donors (Lipinski definition) is 2. The highest BCUT2D eigenvalue weighted by Crippen LogP contribution is 2.17. The van der Waals surface area contributed by atoms with Crippen LogP contribution in [0.15, 0.2) is 0 Å². The fourth-order valence-corrected chi connectivity index (χ4v) is 1.36. The summed E-state index contributed by atoms with van der Waals surface area (Å²) in [7, 11) is 0. The second-order valence-electron chi connectivity index (χ2n) is 4.02. The van der Waals surface area contributed by atoms with Gasteiger partial charge in [0, 0.05) is 19.0 Å². The van der Waals surface area contributed by atoms with Gasteiger partial charge in [-0.1, -0.05) is 0 Å². The third-order valence-corrected chi connectivity index (χ3v) is 2.14. The number of nitrogens with two attached hydrogens (primary N) is 1. The Kier molecular flexibility index (Phi) is 7.13. The number of carbonyl (C=O) groups excluding carboxylic acids is 1. The van der Waals surface area contributed by atoms with Gasteiger partial charge in [0.1, 0.15) is 6.54 Å². The first-order valence-electron chi connectivity index (χ1n) is 5.47. The first kappa shape index (κ1) is 16.2. The lowest BCUT2D eigenvalue weighted by Gasteiger charge is -2.23. The second kappa shape index (κ2) is 7.50. The zero-order valence-electron chi connectivity index (χ0n) is 9.83. The van der Waals surface area contributed by atoms with E-state index >= 15 is 0 Å². The quantitative estimate of drug-likeness (QED) is 0.711. The molecule has 0 aromatic carbocycles. The molecule has 0 spiro atoms. The lowest BCUT2D eigenvalue weighted by molar-refractivity contribution is -0.162. The summed E-state index contributed by atoms with van der Waals surface area (Å²) in [5, 5.41) is 8.61. The maximum absolute atomic E-state index is 12.1. The molecule has 0 aliphatic rings. The van der Waals surface area contributed by atoms with Gasteiger partial charge in [0.05, 0.1) is 6.61 Å². The monoisotopic (exact) mass is 256 g/mol. The molecule has 0 aliphatic heterocycles. The molecule has 0 fully saturated rings. The van der Waals surface area contributed by atoms with Gasteiger partial charge in [0.15, 0.2) is 0 Å². The van der Waals surface area contributed by atoms with Gasteiger partial charge >= 0.3 is 6.18 Å². The number of amides is 1. The molecule has 1 atom stereocenters. The summed E-state index contributed by atoms with van der Waals surface area (Å²) in [6.07, 6.45) is -3.37. The first-order valence-corrected chi connectivity index (χ1v) is 5.47. The third-order valence-electron chi connectivity index (χ3n) is 2.14. The van der Waals surface area contributed by atoms with Gasteiger partial charge in [0.25, 0.3) is 0 Å². The summed E-state index contributed by atoms with van der Waals surface area (Å²) in [5.41, 5.74) is 5.47. The van der Waals surface area contributed by atoms with E-state index in [1.165, 1.54) is 0 Å². The Bertz CT molecular complexity index is 232. The molecule has 0 aromatic rings. The number of halogens is 3. The molecule has 7 heteroatoms. The van der Waals surface area contributed by atoms with E-state index in [1.807, 2.05) is 0 Å². The summed E-state index contributed by atoms with van der Waals surface area (Å²) in [6.45, 7) is -0.318. The zero-order chi connectivity index (χ0) is 13.5. The van der Waals surface area contributed by atoms with Crippen molar-refractivity contribution < 1.29 is 23.1 Å². The Morgan fingerprint density at radius 2 is 2.06 bits per heavy atom. The summed E-state index contributed by atoms with van der Waals surface area (Å²) >= 11 is 0. The van der Waals surface area contributed by atoms with Gasteiger partial charge in [-0.05, 0) is 19.8 Å². The zero-order valence-corrected chi connectivity index (χ0v) is 9.83. The molecule has 0 aliphatic carbocycles.